The number of aromatic amines is 1. The molecule has 2 aromatic rings. The van der Waals surface area contributed by atoms with E-state index in [-0.39, 0.29) is 11.3 Å². The Kier molecular flexibility index (Phi) is 3.92. The first-order chi connectivity index (χ1) is 12.1. The van der Waals surface area contributed by atoms with E-state index in [0.717, 1.165) is 35.6 Å². The molecule has 0 bridgehead atoms. The number of rotatable bonds is 3. The summed E-state index contributed by atoms with van der Waals surface area (Å²) in [5.41, 5.74) is 8.38. The molecule has 0 aliphatic carbocycles. The van der Waals surface area contributed by atoms with Crippen molar-refractivity contribution in [1.29, 1.82) is 0 Å². The lowest BCUT2D eigenvalue weighted by molar-refractivity contribution is 0.0778. The number of fused-ring (bicyclic) bond motifs is 1. The average Bonchev–Trinajstić information content (AvgIpc) is 3.28. The van der Waals surface area contributed by atoms with Gasteiger partial charge in [0.05, 0.1) is 5.56 Å². The maximum Gasteiger partial charge on any atom is 0.256 e. The lowest BCUT2D eigenvalue weighted by atomic mass is 9.90. The minimum atomic E-state index is 0.0170. The fourth-order valence-electron chi connectivity index (χ4n) is 3.52. The number of ether oxygens (including phenoxy) is 2. The monoisotopic (exact) mass is 341 g/mol. The van der Waals surface area contributed by atoms with E-state index in [1.165, 1.54) is 0 Å². The number of hydrogen-bond acceptors (Lipinski definition) is 4. The number of nitrogens with two attached hydrogens (primary N) is 1. The van der Waals surface area contributed by atoms with Crippen LogP contribution in [0.25, 0.3) is 11.1 Å². The molecular formula is C19H23N3O3. The van der Waals surface area contributed by atoms with Gasteiger partial charge < -0.3 is 25.1 Å². The van der Waals surface area contributed by atoms with E-state index in [2.05, 4.69) is 11.9 Å². The van der Waals surface area contributed by atoms with Crippen molar-refractivity contribution in [2.45, 2.75) is 13.3 Å². The van der Waals surface area contributed by atoms with Gasteiger partial charge in [-0.15, -0.1) is 0 Å². The Morgan fingerprint density at radius 3 is 2.84 bits per heavy atom. The Hall–Kier alpha value is -2.47. The number of carbonyl (C=O) groups is 1. The molecule has 6 nitrogen and oxygen atoms in total. The van der Waals surface area contributed by atoms with Crippen molar-refractivity contribution in [3.05, 3.63) is 36.2 Å². The summed E-state index contributed by atoms with van der Waals surface area (Å²) in [4.78, 5) is 18.0. The second-order valence-electron chi connectivity index (χ2n) is 7.13. The largest absolute Gasteiger partial charge is 0.486 e. The van der Waals surface area contributed by atoms with Gasteiger partial charge >= 0.3 is 0 Å². The number of likely N-dealkylation sites (tertiary alicyclic amines) is 1. The van der Waals surface area contributed by atoms with Gasteiger partial charge in [0.15, 0.2) is 11.5 Å². The predicted octanol–water partition coefficient (Wildman–Crippen LogP) is 2.26. The first kappa shape index (κ1) is 16.0. The maximum atomic E-state index is 13.0. The number of nitrogens with zero attached hydrogens (tertiary/aromatic N) is 1. The third-order valence-corrected chi connectivity index (χ3v) is 5.17. The smallest absolute Gasteiger partial charge is 0.256 e. The summed E-state index contributed by atoms with van der Waals surface area (Å²) in [6.07, 6.45) is 4.57. The molecule has 2 aliphatic heterocycles. The summed E-state index contributed by atoms with van der Waals surface area (Å²) >= 11 is 0. The van der Waals surface area contributed by atoms with Crippen molar-refractivity contribution in [1.82, 2.24) is 9.88 Å². The van der Waals surface area contributed by atoms with Crippen LogP contribution >= 0.6 is 0 Å². The summed E-state index contributed by atoms with van der Waals surface area (Å²) in [6.45, 7) is 5.29. The van der Waals surface area contributed by atoms with Gasteiger partial charge in [0.2, 0.25) is 0 Å². The molecule has 132 valence electrons. The van der Waals surface area contributed by atoms with Gasteiger partial charge in [-0.05, 0) is 36.1 Å². The third-order valence-electron chi connectivity index (χ3n) is 5.17. The molecule has 1 saturated heterocycles. The zero-order chi connectivity index (χ0) is 17.4. The molecule has 2 aliphatic rings. The minimum Gasteiger partial charge on any atom is -0.486 e. The maximum absolute atomic E-state index is 13.0. The zero-order valence-electron chi connectivity index (χ0n) is 14.4. The molecular weight excluding hydrogens is 318 g/mol. The minimum absolute atomic E-state index is 0.0170. The predicted molar refractivity (Wildman–Crippen MR) is 94.9 cm³/mol. The van der Waals surface area contributed by atoms with E-state index >= 15 is 0 Å². The Balaban J connectivity index is 1.62. The average molecular weight is 341 g/mol. The van der Waals surface area contributed by atoms with Crippen molar-refractivity contribution in [3.8, 4) is 22.6 Å². The van der Waals surface area contributed by atoms with Crippen LogP contribution in [0.3, 0.4) is 0 Å². The molecule has 1 amide bonds. The van der Waals surface area contributed by atoms with E-state index in [1.807, 2.05) is 29.3 Å². The fourth-order valence-corrected chi connectivity index (χ4v) is 3.52. The third kappa shape index (κ3) is 2.87. The second-order valence-corrected chi connectivity index (χ2v) is 7.13. The molecule has 1 unspecified atom stereocenters. The molecule has 0 radical (unpaired) electrons. The highest BCUT2D eigenvalue weighted by atomic mass is 16.6. The zero-order valence-corrected chi connectivity index (χ0v) is 14.4. The lowest BCUT2D eigenvalue weighted by Gasteiger charge is -2.23. The Morgan fingerprint density at radius 2 is 2.08 bits per heavy atom. The molecule has 6 heteroatoms. The van der Waals surface area contributed by atoms with E-state index in [4.69, 9.17) is 15.2 Å². The van der Waals surface area contributed by atoms with Crippen LogP contribution in [0, 0.1) is 5.41 Å². The highest BCUT2D eigenvalue weighted by Gasteiger charge is 2.36. The number of nitrogens with one attached hydrogen (secondary N) is 1. The van der Waals surface area contributed by atoms with Crippen LogP contribution in [0.5, 0.6) is 11.5 Å². The summed E-state index contributed by atoms with van der Waals surface area (Å²) in [7, 11) is 0. The van der Waals surface area contributed by atoms with Gasteiger partial charge in [0.25, 0.3) is 5.91 Å². The van der Waals surface area contributed by atoms with Crippen molar-refractivity contribution in [3.63, 3.8) is 0 Å². The Bertz CT molecular complexity index is 801. The molecule has 4 rings (SSSR count). The van der Waals surface area contributed by atoms with E-state index in [1.54, 1.807) is 6.20 Å². The SMILES string of the molecule is CC1(CN)CCN(C(=O)c2c[nH]cc2-c2ccc3c(c2)OCCO3)C1. The van der Waals surface area contributed by atoms with Crippen LogP contribution in [0.15, 0.2) is 30.6 Å². The summed E-state index contributed by atoms with van der Waals surface area (Å²) in [5.74, 6) is 1.51. The quantitative estimate of drug-likeness (QED) is 0.897. The van der Waals surface area contributed by atoms with Crippen LogP contribution in [-0.2, 0) is 0 Å². The standard InChI is InChI=1S/C19H23N3O3/c1-19(11-20)4-5-22(12-19)18(23)15-10-21-9-14(15)13-2-3-16-17(8-13)25-7-6-24-16/h2-3,8-10,21H,4-7,11-12,20H2,1H3. The molecule has 0 saturated carbocycles. The summed E-state index contributed by atoms with van der Waals surface area (Å²) < 4.78 is 11.2. The Labute approximate surface area is 146 Å². The van der Waals surface area contributed by atoms with E-state index < -0.39 is 0 Å². The van der Waals surface area contributed by atoms with Crippen LogP contribution in [-0.4, -0.2) is 48.6 Å². The van der Waals surface area contributed by atoms with Crippen molar-refractivity contribution < 1.29 is 14.3 Å². The van der Waals surface area contributed by atoms with Crippen molar-refractivity contribution in [2.75, 3.05) is 32.8 Å². The van der Waals surface area contributed by atoms with Gasteiger partial charge in [-0.25, -0.2) is 0 Å². The summed E-state index contributed by atoms with van der Waals surface area (Å²) in [5, 5.41) is 0. The fraction of sp³-hybridized carbons (Fsp3) is 0.421. The molecule has 1 atom stereocenters. The Morgan fingerprint density at radius 1 is 1.28 bits per heavy atom. The normalized spacial score (nSPS) is 22.2. The van der Waals surface area contributed by atoms with Gasteiger partial charge in [0.1, 0.15) is 13.2 Å². The first-order valence-corrected chi connectivity index (χ1v) is 8.66. The van der Waals surface area contributed by atoms with Crippen LogP contribution < -0.4 is 15.2 Å². The summed E-state index contributed by atoms with van der Waals surface area (Å²) in [6, 6.07) is 5.79. The topological polar surface area (TPSA) is 80.6 Å². The number of hydrogen-bond donors (Lipinski definition) is 2. The van der Waals surface area contributed by atoms with Crippen LogP contribution in [0.4, 0.5) is 0 Å². The molecule has 1 aromatic carbocycles. The molecule has 1 aromatic heterocycles. The van der Waals surface area contributed by atoms with Gasteiger partial charge in [-0.2, -0.15) is 0 Å². The molecule has 0 spiro atoms. The van der Waals surface area contributed by atoms with Gasteiger partial charge in [-0.1, -0.05) is 13.0 Å². The van der Waals surface area contributed by atoms with Crippen molar-refractivity contribution >= 4 is 5.91 Å². The highest BCUT2D eigenvalue weighted by Crippen LogP contribution is 2.36. The number of aromatic nitrogens is 1. The highest BCUT2D eigenvalue weighted by molar-refractivity contribution is 6.01. The number of benzene rings is 1. The number of amides is 1. The molecule has 3 heterocycles. The number of H-pyrrole nitrogens is 1. The lowest BCUT2D eigenvalue weighted by Crippen LogP contribution is -2.34. The number of carbonyl (C=O) groups excluding carboxylic acids is 1. The molecule has 1 fully saturated rings. The second kappa shape index (κ2) is 6.11. The molecule has 3 N–H and O–H groups in total. The van der Waals surface area contributed by atoms with Crippen LogP contribution in [0.2, 0.25) is 0 Å². The van der Waals surface area contributed by atoms with E-state index in [0.29, 0.717) is 31.9 Å². The van der Waals surface area contributed by atoms with Gasteiger partial charge in [-0.3, -0.25) is 4.79 Å². The molecule has 25 heavy (non-hydrogen) atoms. The van der Waals surface area contributed by atoms with Crippen molar-refractivity contribution in [2.24, 2.45) is 11.1 Å². The van der Waals surface area contributed by atoms with E-state index in [9.17, 15) is 4.79 Å². The van der Waals surface area contributed by atoms with Gasteiger partial charge in [0, 0.05) is 31.0 Å². The van der Waals surface area contributed by atoms with Crippen LogP contribution in [0.1, 0.15) is 23.7 Å². The first-order valence-electron chi connectivity index (χ1n) is 8.66.